The molecule has 0 spiro atoms. The van der Waals surface area contributed by atoms with Gasteiger partial charge < -0.3 is 14.4 Å². The number of hydrogen-bond donors (Lipinski definition) is 0. The number of benzene rings is 2. The molecule has 0 unspecified atom stereocenters. The summed E-state index contributed by atoms with van der Waals surface area (Å²) >= 11 is 0. The van der Waals surface area contributed by atoms with Crippen molar-refractivity contribution in [1.82, 2.24) is 4.98 Å². The standard InChI is InChI=1S/C21H17FN2O3/c22-15-8-10-17(11-9-15)24(13-16-5-3-4-12-23-16)21(25)20-14-26-18-6-1-2-7-19(18)27-20/h1-12,20H,13-14H2/t20-/m1/s1. The van der Waals surface area contributed by atoms with Gasteiger partial charge in [-0.15, -0.1) is 0 Å². The van der Waals surface area contributed by atoms with Gasteiger partial charge in [-0.1, -0.05) is 18.2 Å². The fourth-order valence-electron chi connectivity index (χ4n) is 2.89. The van der Waals surface area contributed by atoms with E-state index in [-0.39, 0.29) is 24.9 Å². The average Bonchev–Trinajstić information content (AvgIpc) is 2.73. The first-order valence-corrected chi connectivity index (χ1v) is 8.56. The van der Waals surface area contributed by atoms with Crippen LogP contribution in [0.3, 0.4) is 0 Å². The minimum Gasteiger partial charge on any atom is -0.485 e. The van der Waals surface area contributed by atoms with Gasteiger partial charge in [0, 0.05) is 11.9 Å². The first-order chi connectivity index (χ1) is 13.2. The van der Waals surface area contributed by atoms with E-state index >= 15 is 0 Å². The normalized spacial score (nSPS) is 15.2. The summed E-state index contributed by atoms with van der Waals surface area (Å²) in [4.78, 5) is 19.0. The molecule has 1 aromatic heterocycles. The van der Waals surface area contributed by atoms with Gasteiger partial charge in [-0.3, -0.25) is 9.78 Å². The minimum absolute atomic E-state index is 0.107. The summed E-state index contributed by atoms with van der Waals surface area (Å²) in [6.07, 6.45) is 0.868. The predicted molar refractivity (Wildman–Crippen MR) is 98.2 cm³/mol. The molecule has 5 nitrogen and oxygen atoms in total. The van der Waals surface area contributed by atoms with E-state index in [1.165, 1.54) is 17.0 Å². The number of anilines is 1. The number of pyridine rings is 1. The smallest absolute Gasteiger partial charge is 0.272 e. The lowest BCUT2D eigenvalue weighted by molar-refractivity contribution is -0.127. The second-order valence-electron chi connectivity index (χ2n) is 6.09. The van der Waals surface area contributed by atoms with Gasteiger partial charge in [-0.05, 0) is 48.5 Å². The lowest BCUT2D eigenvalue weighted by atomic mass is 10.2. The van der Waals surface area contributed by atoms with Crippen molar-refractivity contribution in [3.8, 4) is 11.5 Å². The number of aromatic nitrogens is 1. The third kappa shape index (κ3) is 3.74. The van der Waals surface area contributed by atoms with Crippen LogP contribution in [0.15, 0.2) is 72.9 Å². The van der Waals surface area contributed by atoms with Crippen molar-refractivity contribution in [2.45, 2.75) is 12.6 Å². The monoisotopic (exact) mass is 364 g/mol. The Morgan fingerprint density at radius 3 is 2.52 bits per heavy atom. The number of hydrogen-bond acceptors (Lipinski definition) is 4. The van der Waals surface area contributed by atoms with Gasteiger partial charge in [-0.2, -0.15) is 0 Å². The van der Waals surface area contributed by atoms with Gasteiger partial charge in [0.1, 0.15) is 12.4 Å². The zero-order chi connectivity index (χ0) is 18.6. The summed E-state index contributed by atoms with van der Waals surface area (Å²) in [5.74, 6) is 0.496. The van der Waals surface area contributed by atoms with Crippen molar-refractivity contribution in [3.05, 3.63) is 84.4 Å². The summed E-state index contributed by atoms with van der Waals surface area (Å²) in [6, 6.07) is 18.5. The molecule has 2 aromatic carbocycles. The molecule has 1 amide bonds. The predicted octanol–water partition coefficient (Wildman–Crippen LogP) is 3.59. The molecule has 6 heteroatoms. The highest BCUT2D eigenvalue weighted by molar-refractivity contribution is 5.97. The van der Waals surface area contributed by atoms with Gasteiger partial charge in [-0.25, -0.2) is 4.39 Å². The van der Waals surface area contributed by atoms with Crippen molar-refractivity contribution in [2.75, 3.05) is 11.5 Å². The van der Waals surface area contributed by atoms with Crippen molar-refractivity contribution in [1.29, 1.82) is 0 Å². The van der Waals surface area contributed by atoms with Crippen molar-refractivity contribution < 1.29 is 18.7 Å². The maximum atomic E-state index is 13.3. The fourth-order valence-corrected chi connectivity index (χ4v) is 2.89. The molecule has 0 fully saturated rings. The molecular formula is C21H17FN2O3. The quantitative estimate of drug-likeness (QED) is 0.710. The van der Waals surface area contributed by atoms with Crippen LogP contribution in [0.2, 0.25) is 0 Å². The molecule has 0 radical (unpaired) electrons. The van der Waals surface area contributed by atoms with Crippen LogP contribution in [-0.4, -0.2) is 23.6 Å². The molecule has 1 aliphatic rings. The first-order valence-electron chi connectivity index (χ1n) is 8.56. The van der Waals surface area contributed by atoms with E-state index in [0.29, 0.717) is 22.9 Å². The third-order valence-corrected chi connectivity index (χ3v) is 4.23. The van der Waals surface area contributed by atoms with Gasteiger partial charge in [0.05, 0.1) is 12.2 Å². The maximum Gasteiger partial charge on any atom is 0.272 e. The molecule has 0 N–H and O–H groups in total. The van der Waals surface area contributed by atoms with Crippen molar-refractivity contribution >= 4 is 11.6 Å². The highest BCUT2D eigenvalue weighted by Crippen LogP contribution is 2.32. The number of carbonyl (C=O) groups is 1. The van der Waals surface area contributed by atoms with Gasteiger partial charge in [0.15, 0.2) is 11.5 Å². The molecule has 4 rings (SSSR count). The summed E-state index contributed by atoms with van der Waals surface area (Å²) < 4.78 is 24.8. The SMILES string of the molecule is O=C([C@H]1COc2ccccc2O1)N(Cc1ccccn1)c1ccc(F)cc1. The van der Waals surface area contributed by atoms with Crippen LogP contribution < -0.4 is 14.4 Å². The first kappa shape index (κ1) is 17.0. The Morgan fingerprint density at radius 1 is 1.04 bits per heavy atom. The average molecular weight is 364 g/mol. The molecule has 0 bridgehead atoms. The molecular weight excluding hydrogens is 347 g/mol. The number of halogens is 1. The van der Waals surface area contributed by atoms with Crippen LogP contribution in [0.4, 0.5) is 10.1 Å². The minimum atomic E-state index is -0.798. The van der Waals surface area contributed by atoms with E-state index in [2.05, 4.69) is 4.98 Å². The number of ether oxygens (including phenoxy) is 2. The lowest BCUT2D eigenvalue weighted by Gasteiger charge is -2.30. The molecule has 27 heavy (non-hydrogen) atoms. The summed E-state index contributed by atoms with van der Waals surface area (Å²) in [5, 5.41) is 0. The maximum absolute atomic E-state index is 13.3. The van der Waals surface area contributed by atoms with E-state index in [4.69, 9.17) is 9.47 Å². The number of para-hydroxylation sites is 2. The molecule has 1 aliphatic heterocycles. The number of nitrogens with zero attached hydrogens (tertiary/aromatic N) is 2. The van der Waals surface area contributed by atoms with E-state index in [0.717, 1.165) is 0 Å². The zero-order valence-electron chi connectivity index (χ0n) is 14.4. The fraction of sp³-hybridized carbons (Fsp3) is 0.143. The molecule has 136 valence electrons. The molecule has 2 heterocycles. The van der Waals surface area contributed by atoms with Crippen molar-refractivity contribution in [2.24, 2.45) is 0 Å². The summed E-state index contributed by atoms with van der Waals surface area (Å²) in [5.41, 5.74) is 1.28. The topological polar surface area (TPSA) is 51.7 Å². The van der Waals surface area contributed by atoms with Gasteiger partial charge in [0.25, 0.3) is 5.91 Å². The summed E-state index contributed by atoms with van der Waals surface area (Å²) in [6.45, 7) is 0.350. The van der Waals surface area contributed by atoms with E-state index < -0.39 is 6.10 Å². The Balaban J connectivity index is 1.61. The number of carbonyl (C=O) groups excluding carboxylic acids is 1. The molecule has 0 saturated carbocycles. The Morgan fingerprint density at radius 2 is 1.78 bits per heavy atom. The van der Waals surface area contributed by atoms with Crippen LogP contribution in [0.25, 0.3) is 0 Å². The van der Waals surface area contributed by atoms with Crippen LogP contribution in [0.5, 0.6) is 11.5 Å². The largest absolute Gasteiger partial charge is 0.485 e. The number of rotatable bonds is 4. The zero-order valence-corrected chi connectivity index (χ0v) is 14.4. The molecule has 1 atom stereocenters. The van der Waals surface area contributed by atoms with E-state index in [9.17, 15) is 9.18 Å². The highest BCUT2D eigenvalue weighted by atomic mass is 19.1. The van der Waals surface area contributed by atoms with Crippen LogP contribution in [-0.2, 0) is 11.3 Å². The highest BCUT2D eigenvalue weighted by Gasteiger charge is 2.32. The number of amides is 1. The molecule has 0 saturated heterocycles. The Labute approximate surface area is 156 Å². The number of fused-ring (bicyclic) bond motifs is 1. The van der Waals surface area contributed by atoms with E-state index in [1.807, 2.05) is 30.3 Å². The van der Waals surface area contributed by atoms with Crippen molar-refractivity contribution in [3.63, 3.8) is 0 Å². The van der Waals surface area contributed by atoms with Crippen LogP contribution >= 0.6 is 0 Å². The van der Waals surface area contributed by atoms with Crippen LogP contribution in [0, 0.1) is 5.82 Å². The second kappa shape index (κ2) is 7.45. The Bertz CT molecular complexity index is 932. The molecule has 3 aromatic rings. The third-order valence-electron chi connectivity index (χ3n) is 4.23. The van der Waals surface area contributed by atoms with Gasteiger partial charge >= 0.3 is 0 Å². The second-order valence-corrected chi connectivity index (χ2v) is 6.09. The lowest BCUT2D eigenvalue weighted by Crippen LogP contribution is -2.46. The Kier molecular flexibility index (Phi) is 4.70. The molecule has 0 aliphatic carbocycles. The van der Waals surface area contributed by atoms with Crippen LogP contribution in [0.1, 0.15) is 5.69 Å². The Hall–Kier alpha value is -3.41. The van der Waals surface area contributed by atoms with E-state index in [1.54, 1.807) is 30.5 Å². The summed E-state index contributed by atoms with van der Waals surface area (Å²) in [7, 11) is 0. The van der Waals surface area contributed by atoms with Gasteiger partial charge in [0.2, 0.25) is 6.10 Å².